The van der Waals surface area contributed by atoms with Gasteiger partial charge in [0.2, 0.25) is 0 Å². The SMILES string of the molecule is COC(=O)[C@H](C)NC(=O)c1cc(Br)ccc1F. The fraction of sp³-hybridized carbons (Fsp3) is 0.273. The van der Waals surface area contributed by atoms with Gasteiger partial charge in [-0.2, -0.15) is 0 Å². The molecule has 1 aromatic carbocycles. The number of benzene rings is 1. The van der Waals surface area contributed by atoms with E-state index in [0.29, 0.717) is 4.47 Å². The number of esters is 1. The molecule has 0 spiro atoms. The number of nitrogens with one attached hydrogen (secondary N) is 1. The summed E-state index contributed by atoms with van der Waals surface area (Å²) >= 11 is 3.14. The van der Waals surface area contributed by atoms with Crippen molar-refractivity contribution in [2.45, 2.75) is 13.0 Å². The molecule has 1 amide bonds. The van der Waals surface area contributed by atoms with Crippen LogP contribution in [-0.2, 0) is 9.53 Å². The predicted molar refractivity (Wildman–Crippen MR) is 63.0 cm³/mol. The minimum absolute atomic E-state index is 0.130. The van der Waals surface area contributed by atoms with E-state index in [1.165, 1.54) is 32.2 Å². The van der Waals surface area contributed by atoms with Gasteiger partial charge in [0.15, 0.2) is 0 Å². The van der Waals surface area contributed by atoms with Crippen LogP contribution < -0.4 is 5.32 Å². The summed E-state index contributed by atoms with van der Waals surface area (Å²) < 4.78 is 18.4. The Balaban J connectivity index is 2.83. The van der Waals surface area contributed by atoms with Crippen molar-refractivity contribution in [3.63, 3.8) is 0 Å². The third-order valence-corrected chi connectivity index (χ3v) is 2.57. The van der Waals surface area contributed by atoms with Gasteiger partial charge in [0, 0.05) is 4.47 Å². The molecule has 0 saturated carbocycles. The average Bonchev–Trinajstić information content (AvgIpc) is 2.30. The number of rotatable bonds is 3. The largest absolute Gasteiger partial charge is 0.467 e. The lowest BCUT2D eigenvalue weighted by Gasteiger charge is -2.11. The molecule has 1 aromatic rings. The second kappa shape index (κ2) is 5.77. The highest BCUT2D eigenvalue weighted by molar-refractivity contribution is 9.10. The van der Waals surface area contributed by atoms with Crippen molar-refractivity contribution in [3.05, 3.63) is 34.1 Å². The highest BCUT2D eigenvalue weighted by Crippen LogP contribution is 2.15. The average molecular weight is 304 g/mol. The molecule has 4 nitrogen and oxygen atoms in total. The van der Waals surface area contributed by atoms with Crippen molar-refractivity contribution in [1.29, 1.82) is 0 Å². The molecule has 92 valence electrons. The van der Waals surface area contributed by atoms with E-state index in [1.807, 2.05) is 0 Å². The molecule has 1 atom stereocenters. The summed E-state index contributed by atoms with van der Waals surface area (Å²) in [5.41, 5.74) is -0.130. The molecule has 17 heavy (non-hydrogen) atoms. The van der Waals surface area contributed by atoms with E-state index >= 15 is 0 Å². The van der Waals surface area contributed by atoms with Gasteiger partial charge in [-0.1, -0.05) is 15.9 Å². The molecule has 0 aliphatic carbocycles. The number of halogens is 2. The van der Waals surface area contributed by atoms with Crippen LogP contribution in [0.2, 0.25) is 0 Å². The highest BCUT2D eigenvalue weighted by Gasteiger charge is 2.19. The Morgan fingerprint density at radius 1 is 1.47 bits per heavy atom. The van der Waals surface area contributed by atoms with Crippen LogP contribution in [0, 0.1) is 5.82 Å². The zero-order valence-electron chi connectivity index (χ0n) is 9.29. The Labute approximate surface area is 106 Å². The van der Waals surface area contributed by atoms with Crippen molar-refractivity contribution < 1.29 is 18.7 Å². The summed E-state index contributed by atoms with van der Waals surface area (Å²) in [5.74, 6) is -1.90. The molecule has 0 aromatic heterocycles. The summed E-state index contributed by atoms with van der Waals surface area (Å²) in [5, 5.41) is 2.34. The zero-order valence-corrected chi connectivity index (χ0v) is 10.9. The molecule has 1 N–H and O–H groups in total. The Morgan fingerprint density at radius 2 is 2.12 bits per heavy atom. The number of carbonyl (C=O) groups is 2. The molecule has 0 saturated heterocycles. The van der Waals surface area contributed by atoms with Gasteiger partial charge in [0.1, 0.15) is 11.9 Å². The first kappa shape index (κ1) is 13.6. The maximum Gasteiger partial charge on any atom is 0.328 e. The quantitative estimate of drug-likeness (QED) is 0.868. The number of methoxy groups -OCH3 is 1. The molecule has 0 heterocycles. The number of hydrogen-bond donors (Lipinski definition) is 1. The van der Waals surface area contributed by atoms with Gasteiger partial charge in [-0.3, -0.25) is 4.79 Å². The fourth-order valence-corrected chi connectivity index (χ4v) is 1.54. The maximum absolute atomic E-state index is 13.4. The van der Waals surface area contributed by atoms with Crippen molar-refractivity contribution >= 4 is 27.8 Å². The fourth-order valence-electron chi connectivity index (χ4n) is 1.18. The molecule has 0 unspecified atom stereocenters. The number of amides is 1. The summed E-state index contributed by atoms with van der Waals surface area (Å²) in [7, 11) is 1.21. The van der Waals surface area contributed by atoms with Crippen LogP contribution in [-0.4, -0.2) is 25.0 Å². The number of hydrogen-bond acceptors (Lipinski definition) is 3. The van der Waals surface area contributed by atoms with E-state index in [-0.39, 0.29) is 5.56 Å². The van der Waals surface area contributed by atoms with Gasteiger partial charge in [-0.05, 0) is 25.1 Å². The monoisotopic (exact) mass is 303 g/mol. The molecule has 0 aliphatic heterocycles. The first-order valence-electron chi connectivity index (χ1n) is 4.79. The van der Waals surface area contributed by atoms with E-state index in [4.69, 9.17) is 0 Å². The van der Waals surface area contributed by atoms with Crippen LogP contribution in [0.5, 0.6) is 0 Å². The summed E-state index contributed by atoms with van der Waals surface area (Å²) in [6, 6.07) is 3.16. The van der Waals surface area contributed by atoms with Crippen LogP contribution >= 0.6 is 15.9 Å². The second-order valence-electron chi connectivity index (χ2n) is 3.34. The first-order valence-corrected chi connectivity index (χ1v) is 5.58. The molecular weight excluding hydrogens is 293 g/mol. The normalized spacial score (nSPS) is 11.8. The van der Waals surface area contributed by atoms with E-state index in [9.17, 15) is 14.0 Å². The van der Waals surface area contributed by atoms with Crippen LogP contribution in [0.1, 0.15) is 17.3 Å². The van der Waals surface area contributed by atoms with Crippen LogP contribution in [0.3, 0.4) is 0 Å². The van der Waals surface area contributed by atoms with E-state index in [1.54, 1.807) is 0 Å². The Hall–Kier alpha value is -1.43. The van der Waals surface area contributed by atoms with Gasteiger partial charge >= 0.3 is 5.97 Å². The molecule has 0 radical (unpaired) electrons. The van der Waals surface area contributed by atoms with Crippen LogP contribution in [0.4, 0.5) is 4.39 Å². The van der Waals surface area contributed by atoms with E-state index < -0.39 is 23.7 Å². The maximum atomic E-state index is 13.4. The molecule has 6 heteroatoms. The van der Waals surface area contributed by atoms with Crippen molar-refractivity contribution in [2.24, 2.45) is 0 Å². The molecule has 1 rings (SSSR count). The van der Waals surface area contributed by atoms with Crippen molar-refractivity contribution in [3.8, 4) is 0 Å². The van der Waals surface area contributed by atoms with Crippen molar-refractivity contribution in [1.82, 2.24) is 5.32 Å². The molecule has 0 fully saturated rings. The second-order valence-corrected chi connectivity index (χ2v) is 4.26. The zero-order chi connectivity index (χ0) is 13.0. The Bertz CT molecular complexity index is 450. The van der Waals surface area contributed by atoms with Crippen LogP contribution in [0.25, 0.3) is 0 Å². The molecular formula is C11H11BrFNO3. The lowest BCUT2D eigenvalue weighted by atomic mass is 10.2. The predicted octanol–water partition coefficient (Wildman–Crippen LogP) is 1.88. The minimum atomic E-state index is -0.828. The minimum Gasteiger partial charge on any atom is -0.467 e. The third-order valence-electron chi connectivity index (χ3n) is 2.08. The number of carbonyl (C=O) groups excluding carboxylic acids is 2. The first-order chi connectivity index (χ1) is 7.95. The topological polar surface area (TPSA) is 55.4 Å². The standard InChI is InChI=1S/C11H11BrFNO3/c1-6(11(16)17-2)14-10(15)8-5-7(12)3-4-9(8)13/h3-6H,1-2H3,(H,14,15)/t6-/m0/s1. The third kappa shape index (κ3) is 3.52. The van der Waals surface area contributed by atoms with Gasteiger partial charge in [0.25, 0.3) is 5.91 Å². The van der Waals surface area contributed by atoms with E-state index in [2.05, 4.69) is 26.0 Å². The smallest absolute Gasteiger partial charge is 0.328 e. The molecule has 0 aliphatic rings. The van der Waals surface area contributed by atoms with Crippen molar-refractivity contribution in [2.75, 3.05) is 7.11 Å². The van der Waals surface area contributed by atoms with Crippen LogP contribution in [0.15, 0.2) is 22.7 Å². The molecule has 0 bridgehead atoms. The summed E-state index contributed by atoms with van der Waals surface area (Å²) in [6.45, 7) is 1.46. The van der Waals surface area contributed by atoms with Gasteiger partial charge in [0.05, 0.1) is 12.7 Å². The van der Waals surface area contributed by atoms with Gasteiger partial charge in [-0.25, -0.2) is 9.18 Å². The highest BCUT2D eigenvalue weighted by atomic mass is 79.9. The van der Waals surface area contributed by atoms with E-state index in [0.717, 1.165) is 0 Å². The summed E-state index contributed by atoms with van der Waals surface area (Å²) in [6.07, 6.45) is 0. The summed E-state index contributed by atoms with van der Waals surface area (Å²) in [4.78, 5) is 22.8. The lowest BCUT2D eigenvalue weighted by molar-refractivity contribution is -0.142. The lowest BCUT2D eigenvalue weighted by Crippen LogP contribution is -2.39. The Morgan fingerprint density at radius 3 is 2.71 bits per heavy atom. The Kier molecular flexibility index (Phi) is 4.62. The van der Waals surface area contributed by atoms with Gasteiger partial charge in [-0.15, -0.1) is 0 Å². The van der Waals surface area contributed by atoms with Gasteiger partial charge < -0.3 is 10.1 Å². The number of ether oxygens (including phenoxy) is 1.